The molecule has 2 aliphatic rings. The fourth-order valence-electron chi connectivity index (χ4n) is 3.56. The van der Waals surface area contributed by atoms with Gasteiger partial charge in [-0.3, -0.25) is 4.79 Å². The van der Waals surface area contributed by atoms with Crippen LogP contribution in [-0.2, 0) is 4.79 Å². The van der Waals surface area contributed by atoms with Crippen LogP contribution in [0.1, 0.15) is 38.3 Å². The topological polar surface area (TPSA) is 44.4 Å². The molecule has 21 heavy (non-hydrogen) atoms. The molecule has 2 aliphatic heterocycles. The van der Waals surface area contributed by atoms with Crippen molar-refractivity contribution < 1.29 is 4.79 Å². The average molecular weight is 308 g/mol. The summed E-state index contributed by atoms with van der Waals surface area (Å²) in [6.07, 6.45) is 2.40. The van der Waals surface area contributed by atoms with E-state index in [0.29, 0.717) is 12.0 Å². The Morgan fingerprint density at radius 1 is 1.43 bits per heavy atom. The molecule has 2 unspecified atom stereocenters. The van der Waals surface area contributed by atoms with E-state index in [9.17, 15) is 4.79 Å². The molecule has 0 radical (unpaired) electrons. The third kappa shape index (κ3) is 2.40. The molecule has 1 aromatic carbocycles. The molecule has 4 nitrogen and oxygen atoms in total. The molecule has 2 heterocycles. The van der Waals surface area contributed by atoms with Crippen molar-refractivity contribution in [2.24, 2.45) is 5.92 Å². The second-order valence-corrected chi connectivity index (χ2v) is 6.66. The van der Waals surface area contributed by atoms with Crippen LogP contribution in [0.5, 0.6) is 0 Å². The van der Waals surface area contributed by atoms with Crippen LogP contribution in [0.15, 0.2) is 12.1 Å². The highest BCUT2D eigenvalue weighted by Gasteiger charge is 2.33. The summed E-state index contributed by atoms with van der Waals surface area (Å²) in [4.78, 5) is 14.3. The van der Waals surface area contributed by atoms with Gasteiger partial charge in [0.1, 0.15) is 6.04 Å². The summed E-state index contributed by atoms with van der Waals surface area (Å²) < 4.78 is 0. The zero-order valence-electron chi connectivity index (χ0n) is 12.7. The number of rotatable bonds is 3. The molecule has 1 fully saturated rings. The van der Waals surface area contributed by atoms with Crippen molar-refractivity contribution in [3.63, 3.8) is 0 Å². The fraction of sp³-hybridized carbons (Fsp3) is 0.562. The molecular weight excluding hydrogens is 286 g/mol. The number of carbonyl (C=O) groups is 1. The monoisotopic (exact) mass is 307 g/mol. The lowest BCUT2D eigenvalue weighted by atomic mass is 10.0. The van der Waals surface area contributed by atoms with E-state index < -0.39 is 0 Å². The van der Waals surface area contributed by atoms with E-state index in [0.717, 1.165) is 28.5 Å². The van der Waals surface area contributed by atoms with Gasteiger partial charge in [-0.25, -0.2) is 0 Å². The minimum absolute atomic E-state index is 0.0115. The average Bonchev–Trinajstić information content (AvgIpc) is 3.01. The number of halogens is 1. The van der Waals surface area contributed by atoms with Crippen molar-refractivity contribution in [2.75, 3.05) is 23.8 Å². The maximum Gasteiger partial charge on any atom is 0.246 e. The van der Waals surface area contributed by atoms with Crippen LogP contribution >= 0.6 is 11.6 Å². The smallest absolute Gasteiger partial charge is 0.246 e. The summed E-state index contributed by atoms with van der Waals surface area (Å²) in [5.74, 6) is 0.582. The standard InChI is InChI=1S/C16H22ClN3O/c1-9(2)13-5-4-6-20(13)14-8-12-10(7-11(14)17)15(18-3)16(21)19-12/h7-9,13,15,18H,4-6H2,1-3H3,(H,19,21). The van der Waals surface area contributed by atoms with Gasteiger partial charge >= 0.3 is 0 Å². The van der Waals surface area contributed by atoms with Crippen LogP contribution < -0.4 is 15.5 Å². The van der Waals surface area contributed by atoms with E-state index in [1.165, 1.54) is 12.8 Å². The number of likely N-dealkylation sites (N-methyl/N-ethyl adjacent to an activating group) is 1. The van der Waals surface area contributed by atoms with Gasteiger partial charge in [-0.1, -0.05) is 25.4 Å². The summed E-state index contributed by atoms with van der Waals surface area (Å²) in [6, 6.07) is 4.19. The Morgan fingerprint density at radius 2 is 2.19 bits per heavy atom. The second kappa shape index (κ2) is 5.50. The molecule has 0 aliphatic carbocycles. The van der Waals surface area contributed by atoms with Gasteiger partial charge in [0.2, 0.25) is 5.91 Å². The number of hydrogen-bond donors (Lipinski definition) is 2. The Bertz CT molecular complexity index is 573. The summed E-state index contributed by atoms with van der Waals surface area (Å²) in [5.41, 5.74) is 2.87. The highest BCUT2D eigenvalue weighted by atomic mass is 35.5. The largest absolute Gasteiger partial charge is 0.367 e. The summed E-state index contributed by atoms with van der Waals surface area (Å²) in [5, 5.41) is 6.71. The van der Waals surface area contributed by atoms with Crippen LogP contribution in [0.2, 0.25) is 5.02 Å². The number of amides is 1. The van der Waals surface area contributed by atoms with E-state index in [-0.39, 0.29) is 11.9 Å². The Balaban J connectivity index is 1.99. The molecule has 1 saturated heterocycles. The summed E-state index contributed by atoms with van der Waals surface area (Å²) >= 11 is 6.52. The van der Waals surface area contributed by atoms with Crippen LogP contribution in [0.3, 0.4) is 0 Å². The van der Waals surface area contributed by atoms with Gasteiger partial charge in [-0.2, -0.15) is 0 Å². The SMILES string of the molecule is CNC1C(=O)Nc2cc(N3CCCC3C(C)C)c(Cl)cc21. The van der Waals surface area contributed by atoms with Crippen LogP contribution in [0, 0.1) is 5.92 Å². The van der Waals surface area contributed by atoms with Crippen molar-refractivity contribution in [3.05, 3.63) is 22.7 Å². The number of carbonyl (C=O) groups excluding carboxylic acids is 1. The van der Waals surface area contributed by atoms with Crippen LogP contribution in [-0.4, -0.2) is 25.5 Å². The third-order valence-electron chi connectivity index (χ3n) is 4.62. The summed E-state index contributed by atoms with van der Waals surface area (Å²) in [6.45, 7) is 5.54. The van der Waals surface area contributed by atoms with E-state index >= 15 is 0 Å². The zero-order valence-corrected chi connectivity index (χ0v) is 13.5. The Labute approximate surface area is 130 Å². The van der Waals surface area contributed by atoms with Gasteiger partial charge in [-0.15, -0.1) is 0 Å². The molecule has 1 aromatic rings. The van der Waals surface area contributed by atoms with Gasteiger partial charge in [0.25, 0.3) is 0 Å². The minimum Gasteiger partial charge on any atom is -0.367 e. The van der Waals surface area contributed by atoms with Crippen molar-refractivity contribution in [1.82, 2.24) is 5.32 Å². The molecule has 0 bridgehead atoms. The lowest BCUT2D eigenvalue weighted by Crippen LogP contribution is -2.33. The predicted octanol–water partition coefficient (Wildman–Crippen LogP) is 3.18. The Morgan fingerprint density at radius 3 is 2.86 bits per heavy atom. The first-order valence-electron chi connectivity index (χ1n) is 7.61. The first-order chi connectivity index (χ1) is 10.0. The highest BCUT2D eigenvalue weighted by molar-refractivity contribution is 6.33. The second-order valence-electron chi connectivity index (χ2n) is 6.25. The molecule has 0 spiro atoms. The third-order valence-corrected chi connectivity index (χ3v) is 4.92. The van der Waals surface area contributed by atoms with Crippen molar-refractivity contribution in [2.45, 2.75) is 38.8 Å². The minimum atomic E-state index is -0.300. The van der Waals surface area contributed by atoms with E-state index in [2.05, 4.69) is 29.4 Å². The van der Waals surface area contributed by atoms with Gasteiger partial charge < -0.3 is 15.5 Å². The number of fused-ring (bicyclic) bond motifs is 1. The van der Waals surface area contributed by atoms with Gasteiger partial charge in [-0.05, 0) is 37.9 Å². The highest BCUT2D eigenvalue weighted by Crippen LogP contribution is 2.41. The van der Waals surface area contributed by atoms with Gasteiger partial charge in [0, 0.05) is 23.8 Å². The molecule has 2 atom stereocenters. The number of benzene rings is 1. The van der Waals surface area contributed by atoms with E-state index in [1.54, 1.807) is 7.05 Å². The maximum atomic E-state index is 11.9. The summed E-state index contributed by atoms with van der Waals surface area (Å²) in [7, 11) is 1.79. The van der Waals surface area contributed by atoms with Crippen molar-refractivity contribution in [3.8, 4) is 0 Å². The fourth-order valence-corrected chi connectivity index (χ4v) is 3.84. The molecule has 3 rings (SSSR count). The lowest BCUT2D eigenvalue weighted by molar-refractivity contribution is -0.117. The number of nitrogens with one attached hydrogen (secondary N) is 2. The van der Waals surface area contributed by atoms with E-state index in [1.807, 2.05) is 12.1 Å². The first-order valence-corrected chi connectivity index (χ1v) is 7.99. The maximum absolute atomic E-state index is 11.9. The first kappa shape index (κ1) is 14.7. The Kier molecular flexibility index (Phi) is 3.84. The molecule has 2 N–H and O–H groups in total. The van der Waals surface area contributed by atoms with Crippen molar-refractivity contribution in [1.29, 1.82) is 0 Å². The lowest BCUT2D eigenvalue weighted by Gasteiger charge is -2.31. The van der Waals surface area contributed by atoms with Crippen LogP contribution in [0.25, 0.3) is 0 Å². The molecule has 5 heteroatoms. The predicted molar refractivity (Wildman–Crippen MR) is 87.1 cm³/mol. The van der Waals surface area contributed by atoms with Gasteiger partial charge in [0.15, 0.2) is 0 Å². The molecule has 1 amide bonds. The quantitative estimate of drug-likeness (QED) is 0.901. The Hall–Kier alpha value is -1.26. The molecule has 0 aromatic heterocycles. The number of anilines is 2. The number of nitrogens with zero attached hydrogens (tertiary/aromatic N) is 1. The van der Waals surface area contributed by atoms with Crippen LogP contribution in [0.4, 0.5) is 11.4 Å². The van der Waals surface area contributed by atoms with Crippen molar-refractivity contribution >= 4 is 28.9 Å². The normalized spacial score (nSPS) is 24.6. The molecule has 0 saturated carbocycles. The number of hydrogen-bond acceptors (Lipinski definition) is 3. The molecule has 114 valence electrons. The van der Waals surface area contributed by atoms with E-state index in [4.69, 9.17) is 11.6 Å². The zero-order chi connectivity index (χ0) is 15.1. The molecular formula is C16H22ClN3O. The van der Waals surface area contributed by atoms with Gasteiger partial charge in [0.05, 0.1) is 10.7 Å².